The number of rotatable bonds is 5. The van der Waals surface area contributed by atoms with Gasteiger partial charge >= 0.3 is 0 Å². The largest absolute Gasteiger partial charge is 0.507 e. The van der Waals surface area contributed by atoms with E-state index in [4.69, 9.17) is 33.7 Å². The smallest absolute Gasteiger partial charge is 0.255 e. The molecule has 1 atom stereocenters. The summed E-state index contributed by atoms with van der Waals surface area (Å²) in [6.45, 7) is 3.22. The molecule has 0 aromatic heterocycles. The van der Waals surface area contributed by atoms with E-state index < -0.39 is 5.91 Å². The lowest BCUT2D eigenvalue weighted by Crippen LogP contribution is -2.47. The topological polar surface area (TPSA) is 87.8 Å². The van der Waals surface area contributed by atoms with Gasteiger partial charge in [-0.05, 0) is 23.8 Å². The molecule has 0 bridgehead atoms. The van der Waals surface area contributed by atoms with Crippen molar-refractivity contribution in [3.05, 3.63) is 57.6 Å². The van der Waals surface area contributed by atoms with Crippen LogP contribution in [0.3, 0.4) is 0 Å². The average Bonchev–Trinajstić information content (AvgIpc) is 2.65. The summed E-state index contributed by atoms with van der Waals surface area (Å²) in [6.07, 6.45) is -0.138. The van der Waals surface area contributed by atoms with Crippen LogP contribution in [0.15, 0.2) is 36.4 Å². The number of nitrogens with one attached hydrogen (secondary N) is 1. The zero-order valence-corrected chi connectivity index (χ0v) is 16.1. The number of anilines is 1. The van der Waals surface area contributed by atoms with Gasteiger partial charge in [-0.2, -0.15) is 0 Å². The molecule has 27 heavy (non-hydrogen) atoms. The van der Waals surface area contributed by atoms with Crippen LogP contribution in [0, 0.1) is 0 Å². The number of ether oxygens (including phenoxy) is 1. The predicted molar refractivity (Wildman–Crippen MR) is 106 cm³/mol. The third kappa shape index (κ3) is 5.26. The van der Waals surface area contributed by atoms with E-state index in [2.05, 4.69) is 10.2 Å². The first kappa shape index (κ1) is 19.8. The van der Waals surface area contributed by atoms with Crippen molar-refractivity contribution in [2.75, 3.05) is 32.0 Å². The van der Waals surface area contributed by atoms with Crippen LogP contribution in [0.5, 0.6) is 5.75 Å². The number of phenols is 1. The van der Waals surface area contributed by atoms with Crippen molar-refractivity contribution < 1.29 is 14.6 Å². The molecule has 0 radical (unpaired) electrons. The number of nitrogens with zero attached hydrogens (tertiary/aromatic N) is 1. The predicted octanol–water partition coefficient (Wildman–Crippen LogP) is 2.91. The Labute approximate surface area is 167 Å². The van der Waals surface area contributed by atoms with Crippen molar-refractivity contribution in [3.63, 3.8) is 0 Å². The second kappa shape index (κ2) is 8.80. The van der Waals surface area contributed by atoms with Gasteiger partial charge in [0.2, 0.25) is 0 Å². The molecule has 2 aromatic carbocycles. The molecule has 0 aliphatic carbocycles. The highest BCUT2D eigenvalue weighted by atomic mass is 35.5. The number of carbonyl (C=O) groups excluding carboxylic acids is 1. The van der Waals surface area contributed by atoms with Gasteiger partial charge in [0.25, 0.3) is 5.91 Å². The molecule has 1 saturated heterocycles. The summed E-state index contributed by atoms with van der Waals surface area (Å²) in [5, 5.41) is 13.6. The fourth-order valence-corrected chi connectivity index (χ4v) is 3.25. The van der Waals surface area contributed by atoms with Crippen LogP contribution in [0.1, 0.15) is 15.9 Å². The van der Waals surface area contributed by atoms with Crippen LogP contribution < -0.4 is 11.1 Å². The number of morpholine rings is 1. The fraction of sp³-hybridized carbons (Fsp3) is 0.316. The first-order chi connectivity index (χ1) is 12.9. The van der Waals surface area contributed by atoms with E-state index in [0.717, 1.165) is 13.1 Å². The molecule has 1 heterocycles. The summed E-state index contributed by atoms with van der Waals surface area (Å²) >= 11 is 11.9. The maximum Gasteiger partial charge on any atom is 0.255 e. The summed E-state index contributed by atoms with van der Waals surface area (Å²) in [5.74, 6) is -0.629. The van der Waals surface area contributed by atoms with Crippen molar-refractivity contribution >= 4 is 34.8 Å². The van der Waals surface area contributed by atoms with Crippen LogP contribution in [-0.4, -0.2) is 48.3 Å². The average molecular weight is 410 g/mol. The van der Waals surface area contributed by atoms with E-state index >= 15 is 0 Å². The molecule has 6 nitrogen and oxygen atoms in total. The molecular weight excluding hydrogens is 389 g/mol. The Bertz CT molecular complexity index is 815. The fourth-order valence-electron chi connectivity index (χ4n) is 2.96. The third-order valence-electron chi connectivity index (χ3n) is 4.39. The maximum atomic E-state index is 12.3. The van der Waals surface area contributed by atoms with Crippen LogP contribution in [-0.2, 0) is 11.3 Å². The van der Waals surface area contributed by atoms with Gasteiger partial charge in [-0.25, -0.2) is 0 Å². The number of hydrogen-bond donors (Lipinski definition) is 3. The molecule has 1 unspecified atom stereocenters. The van der Waals surface area contributed by atoms with Crippen molar-refractivity contribution in [2.45, 2.75) is 12.6 Å². The molecular formula is C19H21Cl2N3O3. The van der Waals surface area contributed by atoms with Gasteiger partial charge in [0.15, 0.2) is 0 Å². The molecule has 0 spiro atoms. The number of nitrogen functional groups attached to an aromatic ring is 1. The van der Waals surface area contributed by atoms with Gasteiger partial charge in [-0.1, -0.05) is 35.3 Å². The minimum Gasteiger partial charge on any atom is -0.507 e. The maximum absolute atomic E-state index is 12.3. The lowest BCUT2D eigenvalue weighted by atomic mass is 10.1. The van der Waals surface area contributed by atoms with E-state index in [1.807, 2.05) is 24.3 Å². The third-order valence-corrected chi connectivity index (χ3v) is 4.97. The number of nitrogens with two attached hydrogens (primary N) is 1. The van der Waals surface area contributed by atoms with Gasteiger partial charge < -0.3 is 20.9 Å². The summed E-state index contributed by atoms with van der Waals surface area (Å²) in [7, 11) is 0. The highest BCUT2D eigenvalue weighted by molar-refractivity contribution is 6.33. The van der Waals surface area contributed by atoms with Crippen LogP contribution >= 0.6 is 23.2 Å². The van der Waals surface area contributed by atoms with E-state index in [1.54, 1.807) is 0 Å². The quantitative estimate of drug-likeness (QED) is 0.660. The number of aromatic hydroxyl groups is 1. The second-order valence-corrected chi connectivity index (χ2v) is 7.30. The van der Waals surface area contributed by atoms with Crippen molar-refractivity contribution in [2.24, 2.45) is 0 Å². The van der Waals surface area contributed by atoms with Crippen molar-refractivity contribution in [1.82, 2.24) is 10.2 Å². The van der Waals surface area contributed by atoms with Crippen molar-refractivity contribution in [1.29, 1.82) is 0 Å². The number of hydrogen-bond acceptors (Lipinski definition) is 5. The molecule has 144 valence electrons. The van der Waals surface area contributed by atoms with E-state index in [-0.39, 0.29) is 28.1 Å². The van der Waals surface area contributed by atoms with Crippen LogP contribution in [0.2, 0.25) is 10.0 Å². The number of amides is 1. The molecule has 1 fully saturated rings. The second-order valence-electron chi connectivity index (χ2n) is 6.46. The summed E-state index contributed by atoms with van der Waals surface area (Å²) < 4.78 is 5.74. The van der Waals surface area contributed by atoms with Gasteiger partial charge in [-0.3, -0.25) is 9.69 Å². The van der Waals surface area contributed by atoms with Crippen LogP contribution in [0.25, 0.3) is 0 Å². The Balaban J connectivity index is 1.54. The zero-order valence-electron chi connectivity index (χ0n) is 14.6. The van der Waals surface area contributed by atoms with E-state index in [0.29, 0.717) is 24.7 Å². The van der Waals surface area contributed by atoms with Gasteiger partial charge in [-0.15, -0.1) is 0 Å². The summed E-state index contributed by atoms with van der Waals surface area (Å²) in [4.78, 5) is 14.6. The number of carbonyl (C=O) groups is 1. The molecule has 4 N–H and O–H groups in total. The lowest BCUT2D eigenvalue weighted by Gasteiger charge is -2.33. The molecule has 8 heteroatoms. The Morgan fingerprint density at radius 1 is 1.30 bits per heavy atom. The van der Waals surface area contributed by atoms with Gasteiger partial charge in [0.1, 0.15) is 5.75 Å². The first-order valence-electron chi connectivity index (χ1n) is 8.57. The molecule has 1 aliphatic rings. The number of halogens is 2. The highest BCUT2D eigenvalue weighted by Crippen LogP contribution is 2.27. The van der Waals surface area contributed by atoms with Gasteiger partial charge in [0.05, 0.1) is 29.0 Å². The highest BCUT2D eigenvalue weighted by Gasteiger charge is 2.22. The standard InChI is InChI=1S/C19H21Cl2N3O3/c20-13-3-1-12(2-4-13)10-24-5-6-27-14(11-24)9-23-19(26)15-7-16(21)17(22)8-18(15)25/h1-4,7-8,14,25H,5-6,9-11,22H2,(H,23,26). The molecule has 1 aliphatic heterocycles. The SMILES string of the molecule is Nc1cc(O)c(C(=O)NCC2CN(Cc3ccc(Cl)cc3)CCO2)cc1Cl. The monoisotopic (exact) mass is 409 g/mol. The van der Waals surface area contributed by atoms with Crippen LogP contribution in [0.4, 0.5) is 5.69 Å². The lowest BCUT2D eigenvalue weighted by molar-refractivity contribution is -0.0292. The summed E-state index contributed by atoms with van der Waals surface area (Å²) in [6, 6.07) is 10.4. The normalized spacial score (nSPS) is 17.6. The number of benzene rings is 2. The summed E-state index contributed by atoms with van der Waals surface area (Å²) in [5.41, 5.74) is 7.09. The first-order valence-corrected chi connectivity index (χ1v) is 9.32. The molecule has 3 rings (SSSR count). The zero-order chi connectivity index (χ0) is 19.4. The Morgan fingerprint density at radius 2 is 2.04 bits per heavy atom. The van der Waals surface area contributed by atoms with Gasteiger partial charge in [0, 0.05) is 37.3 Å². The Kier molecular flexibility index (Phi) is 6.44. The van der Waals surface area contributed by atoms with E-state index in [9.17, 15) is 9.90 Å². The minimum atomic E-state index is -0.423. The molecule has 1 amide bonds. The molecule has 2 aromatic rings. The minimum absolute atomic E-state index is 0.0861. The van der Waals surface area contributed by atoms with E-state index in [1.165, 1.54) is 17.7 Å². The number of phenolic OH excluding ortho intramolecular Hbond substituents is 1. The molecule has 0 saturated carbocycles. The Morgan fingerprint density at radius 3 is 2.78 bits per heavy atom. The van der Waals surface area contributed by atoms with Crippen molar-refractivity contribution in [3.8, 4) is 5.75 Å². The Hall–Kier alpha value is -1.99.